The third-order valence-electron chi connectivity index (χ3n) is 2.64. The maximum atomic E-state index is 13.2. The van der Waals surface area contributed by atoms with Crippen LogP contribution in [0.15, 0.2) is 18.2 Å². The van der Waals surface area contributed by atoms with Gasteiger partial charge in [0.15, 0.2) is 6.29 Å². The topological polar surface area (TPSA) is 26.3 Å². The molecule has 0 heterocycles. The first-order chi connectivity index (χ1) is 8.29. The third kappa shape index (κ3) is 4.55. The summed E-state index contributed by atoms with van der Waals surface area (Å²) in [4.78, 5) is 10.7. The van der Waals surface area contributed by atoms with E-state index in [2.05, 4.69) is 6.92 Å². The van der Waals surface area contributed by atoms with Crippen LogP contribution in [0.3, 0.4) is 0 Å². The summed E-state index contributed by atoms with van der Waals surface area (Å²) in [6.45, 7) is 2.70. The minimum absolute atomic E-state index is 0.0149. The fourth-order valence-electron chi connectivity index (χ4n) is 1.65. The van der Waals surface area contributed by atoms with Crippen LogP contribution < -0.4 is 4.74 Å². The van der Waals surface area contributed by atoms with Crippen LogP contribution in [-0.4, -0.2) is 12.9 Å². The van der Waals surface area contributed by atoms with Crippen molar-refractivity contribution >= 4 is 6.29 Å². The lowest BCUT2D eigenvalue weighted by Crippen LogP contribution is -2.01. The van der Waals surface area contributed by atoms with Gasteiger partial charge < -0.3 is 4.74 Å². The van der Waals surface area contributed by atoms with Crippen molar-refractivity contribution in [1.29, 1.82) is 0 Å². The van der Waals surface area contributed by atoms with Crippen LogP contribution in [-0.2, 0) is 0 Å². The normalized spacial score (nSPS) is 10.2. The van der Waals surface area contributed by atoms with Crippen molar-refractivity contribution < 1.29 is 13.9 Å². The van der Waals surface area contributed by atoms with Gasteiger partial charge in [-0.3, -0.25) is 4.79 Å². The van der Waals surface area contributed by atoms with Crippen LogP contribution in [0.2, 0.25) is 0 Å². The number of carbonyl (C=O) groups is 1. The van der Waals surface area contributed by atoms with Gasteiger partial charge in [-0.05, 0) is 18.6 Å². The Bertz CT molecular complexity index is 350. The predicted molar refractivity (Wildman–Crippen MR) is 66.0 cm³/mol. The van der Waals surface area contributed by atoms with Gasteiger partial charge in [0.2, 0.25) is 0 Å². The van der Waals surface area contributed by atoms with E-state index in [4.69, 9.17) is 4.74 Å². The fourth-order valence-corrected chi connectivity index (χ4v) is 1.65. The summed E-state index contributed by atoms with van der Waals surface area (Å²) in [5, 5.41) is 0. The van der Waals surface area contributed by atoms with E-state index in [0.29, 0.717) is 18.6 Å². The molecular formula is C14H19FO2. The minimum Gasteiger partial charge on any atom is -0.493 e. The summed E-state index contributed by atoms with van der Waals surface area (Å²) in [6.07, 6.45) is 6.19. The van der Waals surface area contributed by atoms with Crippen molar-refractivity contribution in [3.05, 3.63) is 29.6 Å². The molecule has 0 aliphatic carbocycles. The highest BCUT2D eigenvalue weighted by atomic mass is 19.1. The highest BCUT2D eigenvalue weighted by Crippen LogP contribution is 2.19. The largest absolute Gasteiger partial charge is 0.493 e. The molecule has 17 heavy (non-hydrogen) atoms. The van der Waals surface area contributed by atoms with Gasteiger partial charge in [0.05, 0.1) is 12.2 Å². The first kappa shape index (κ1) is 13.7. The number of hydrogen-bond donors (Lipinski definition) is 0. The molecule has 2 nitrogen and oxygen atoms in total. The lowest BCUT2D eigenvalue weighted by atomic mass is 10.1. The Morgan fingerprint density at radius 1 is 1.24 bits per heavy atom. The number of unbranched alkanes of at least 4 members (excludes halogenated alkanes) is 4. The average molecular weight is 238 g/mol. The van der Waals surface area contributed by atoms with Gasteiger partial charge in [0, 0.05) is 0 Å². The third-order valence-corrected chi connectivity index (χ3v) is 2.64. The lowest BCUT2D eigenvalue weighted by Gasteiger charge is -2.08. The molecule has 94 valence electrons. The van der Waals surface area contributed by atoms with Crippen LogP contribution in [0.1, 0.15) is 49.4 Å². The number of aldehydes is 1. The molecule has 0 bridgehead atoms. The molecule has 3 heteroatoms. The zero-order valence-corrected chi connectivity index (χ0v) is 10.2. The number of hydrogen-bond acceptors (Lipinski definition) is 2. The number of benzene rings is 1. The highest BCUT2D eigenvalue weighted by molar-refractivity contribution is 5.79. The predicted octanol–water partition coefficient (Wildman–Crippen LogP) is 3.99. The number of carbonyl (C=O) groups excluding carboxylic acids is 1. The molecular weight excluding hydrogens is 219 g/mol. The molecule has 1 aromatic carbocycles. The quantitative estimate of drug-likeness (QED) is 0.505. The van der Waals surface area contributed by atoms with Gasteiger partial charge in [-0.25, -0.2) is 4.39 Å². The summed E-state index contributed by atoms with van der Waals surface area (Å²) in [5.74, 6) is -0.182. The van der Waals surface area contributed by atoms with E-state index >= 15 is 0 Å². The molecule has 0 saturated carbocycles. The van der Waals surface area contributed by atoms with Crippen LogP contribution in [0.25, 0.3) is 0 Å². The minimum atomic E-state index is -0.525. The standard InChI is InChI=1S/C14H19FO2/c1-2-3-4-5-6-10-17-14-9-7-8-13(15)12(14)11-16/h7-9,11H,2-6,10H2,1H3. The Labute approximate surface area is 102 Å². The molecule has 0 atom stereocenters. The second-order valence-electron chi connectivity index (χ2n) is 4.03. The molecule has 0 aliphatic rings. The van der Waals surface area contributed by atoms with Crippen molar-refractivity contribution in [3.63, 3.8) is 0 Å². The van der Waals surface area contributed by atoms with Crippen molar-refractivity contribution in [2.24, 2.45) is 0 Å². The van der Waals surface area contributed by atoms with E-state index < -0.39 is 5.82 Å². The molecule has 1 aromatic rings. The monoisotopic (exact) mass is 238 g/mol. The van der Waals surface area contributed by atoms with Crippen LogP contribution in [0, 0.1) is 5.82 Å². The van der Waals surface area contributed by atoms with Gasteiger partial charge in [0.1, 0.15) is 11.6 Å². The maximum Gasteiger partial charge on any atom is 0.156 e. The molecule has 0 amide bonds. The maximum absolute atomic E-state index is 13.2. The Morgan fingerprint density at radius 2 is 2.00 bits per heavy atom. The van der Waals surface area contributed by atoms with Gasteiger partial charge in [-0.15, -0.1) is 0 Å². The SMILES string of the molecule is CCCCCCCOc1cccc(F)c1C=O. The molecule has 0 unspecified atom stereocenters. The lowest BCUT2D eigenvalue weighted by molar-refractivity contribution is 0.111. The first-order valence-electron chi connectivity index (χ1n) is 6.16. The van der Waals surface area contributed by atoms with E-state index in [1.807, 2.05) is 0 Å². The zero-order chi connectivity index (χ0) is 12.5. The zero-order valence-electron chi connectivity index (χ0n) is 10.2. The van der Waals surface area contributed by atoms with Crippen molar-refractivity contribution in [2.75, 3.05) is 6.61 Å². The Kier molecular flexibility index (Phi) is 6.30. The molecule has 0 radical (unpaired) electrons. The second-order valence-corrected chi connectivity index (χ2v) is 4.03. The Morgan fingerprint density at radius 3 is 2.71 bits per heavy atom. The molecule has 0 aromatic heterocycles. The summed E-state index contributed by atoms with van der Waals surface area (Å²) in [5.41, 5.74) is 0.0149. The summed E-state index contributed by atoms with van der Waals surface area (Å²) in [6, 6.07) is 4.44. The number of rotatable bonds is 8. The van der Waals surface area contributed by atoms with E-state index in [0.717, 1.165) is 12.8 Å². The molecule has 0 saturated heterocycles. The van der Waals surface area contributed by atoms with Crippen molar-refractivity contribution in [2.45, 2.75) is 39.0 Å². The molecule has 0 fully saturated rings. The van der Waals surface area contributed by atoms with E-state index in [-0.39, 0.29) is 5.56 Å². The van der Waals surface area contributed by atoms with Crippen molar-refractivity contribution in [3.8, 4) is 5.75 Å². The van der Waals surface area contributed by atoms with Crippen LogP contribution in [0.4, 0.5) is 4.39 Å². The molecule has 1 rings (SSSR count). The number of halogens is 1. The van der Waals surface area contributed by atoms with Gasteiger partial charge in [0.25, 0.3) is 0 Å². The van der Waals surface area contributed by atoms with E-state index in [9.17, 15) is 9.18 Å². The van der Waals surface area contributed by atoms with E-state index in [1.54, 1.807) is 12.1 Å². The number of ether oxygens (including phenoxy) is 1. The summed E-state index contributed by atoms with van der Waals surface area (Å²) >= 11 is 0. The van der Waals surface area contributed by atoms with E-state index in [1.165, 1.54) is 25.3 Å². The van der Waals surface area contributed by atoms with Crippen LogP contribution >= 0.6 is 0 Å². The summed E-state index contributed by atoms with van der Waals surface area (Å²) in [7, 11) is 0. The van der Waals surface area contributed by atoms with Gasteiger partial charge >= 0.3 is 0 Å². The Balaban J connectivity index is 2.36. The fraction of sp³-hybridized carbons (Fsp3) is 0.500. The first-order valence-corrected chi connectivity index (χ1v) is 6.16. The smallest absolute Gasteiger partial charge is 0.156 e. The second kappa shape index (κ2) is 7.82. The molecule has 0 N–H and O–H groups in total. The van der Waals surface area contributed by atoms with Gasteiger partial charge in [-0.1, -0.05) is 38.7 Å². The summed E-state index contributed by atoms with van der Waals surface area (Å²) < 4.78 is 18.6. The molecule has 0 spiro atoms. The molecule has 0 aliphatic heterocycles. The highest BCUT2D eigenvalue weighted by Gasteiger charge is 2.07. The van der Waals surface area contributed by atoms with Crippen LogP contribution in [0.5, 0.6) is 5.75 Å². The average Bonchev–Trinajstić information content (AvgIpc) is 2.34. The van der Waals surface area contributed by atoms with Gasteiger partial charge in [-0.2, -0.15) is 0 Å². The Hall–Kier alpha value is -1.38. The van der Waals surface area contributed by atoms with Crippen molar-refractivity contribution in [1.82, 2.24) is 0 Å².